The van der Waals surface area contributed by atoms with E-state index in [1.807, 2.05) is 11.0 Å². The Labute approximate surface area is 182 Å². The van der Waals surface area contributed by atoms with Gasteiger partial charge in [0.15, 0.2) is 0 Å². The first-order chi connectivity index (χ1) is 14.6. The lowest BCUT2D eigenvalue weighted by atomic mass is 9.90. The number of carbonyl (C=O) groups is 1. The lowest BCUT2D eigenvalue weighted by Gasteiger charge is -2.26. The average molecular weight is 420 g/mol. The predicted octanol–water partition coefficient (Wildman–Crippen LogP) is 3.85. The minimum absolute atomic E-state index is 0.113. The summed E-state index contributed by atoms with van der Waals surface area (Å²) >= 11 is 0. The van der Waals surface area contributed by atoms with Gasteiger partial charge in [-0.05, 0) is 56.8 Å². The summed E-state index contributed by atoms with van der Waals surface area (Å²) in [6.07, 6.45) is 15.9. The molecule has 3 fully saturated rings. The average Bonchev–Trinajstić information content (AvgIpc) is 3.26. The van der Waals surface area contributed by atoms with E-state index in [4.69, 9.17) is 4.74 Å². The van der Waals surface area contributed by atoms with Crippen LogP contribution in [0.15, 0.2) is 23.8 Å². The third-order valence-electron chi connectivity index (χ3n) is 7.19. The van der Waals surface area contributed by atoms with Crippen molar-refractivity contribution in [1.29, 1.82) is 0 Å². The van der Waals surface area contributed by atoms with Crippen LogP contribution in [0.1, 0.15) is 71.1 Å². The Bertz CT molecular complexity index is 596. The molecule has 1 saturated heterocycles. The number of rotatable bonds is 10. The molecule has 0 radical (unpaired) electrons. The number of hydrogen-bond acceptors (Lipinski definition) is 4. The minimum Gasteiger partial charge on any atom is -0.392 e. The van der Waals surface area contributed by atoms with E-state index in [0.717, 1.165) is 70.9 Å². The van der Waals surface area contributed by atoms with Gasteiger partial charge < -0.3 is 19.8 Å². The van der Waals surface area contributed by atoms with E-state index in [-0.39, 0.29) is 24.5 Å². The number of aliphatic hydroxyl groups is 2. The Morgan fingerprint density at radius 1 is 1.23 bits per heavy atom. The van der Waals surface area contributed by atoms with Crippen molar-refractivity contribution in [2.24, 2.45) is 17.8 Å². The first-order valence-corrected chi connectivity index (χ1v) is 12.2. The molecule has 170 valence electrons. The van der Waals surface area contributed by atoms with Crippen molar-refractivity contribution in [3.05, 3.63) is 23.8 Å². The zero-order valence-electron chi connectivity index (χ0n) is 18.7. The number of unbranched alkanes of at least 4 members (excludes halogenated alkanes) is 2. The van der Waals surface area contributed by atoms with Crippen molar-refractivity contribution in [3.8, 4) is 0 Å². The molecule has 3 rings (SSSR count). The number of amides is 1. The molecule has 0 spiro atoms. The maximum Gasteiger partial charge on any atom is 0.248 e. The van der Waals surface area contributed by atoms with Gasteiger partial charge in [-0.15, -0.1) is 0 Å². The molecule has 5 nitrogen and oxygen atoms in total. The molecule has 2 saturated carbocycles. The van der Waals surface area contributed by atoms with Gasteiger partial charge in [0.2, 0.25) is 5.91 Å². The number of likely N-dealkylation sites (tertiary alicyclic amines) is 1. The van der Waals surface area contributed by atoms with Crippen LogP contribution in [0.2, 0.25) is 0 Å². The van der Waals surface area contributed by atoms with Crippen LogP contribution in [0.5, 0.6) is 0 Å². The van der Waals surface area contributed by atoms with Crippen molar-refractivity contribution in [1.82, 2.24) is 4.90 Å². The van der Waals surface area contributed by atoms with E-state index in [1.165, 1.54) is 12.0 Å². The molecule has 3 aliphatic rings. The van der Waals surface area contributed by atoms with Crippen LogP contribution in [0, 0.1) is 17.8 Å². The van der Waals surface area contributed by atoms with E-state index in [9.17, 15) is 15.0 Å². The highest BCUT2D eigenvalue weighted by Crippen LogP contribution is 2.50. The zero-order valence-corrected chi connectivity index (χ0v) is 18.7. The largest absolute Gasteiger partial charge is 0.392 e. The molecular weight excluding hydrogens is 378 g/mol. The lowest BCUT2D eigenvalue weighted by Crippen LogP contribution is -2.38. The molecule has 0 aromatic heterocycles. The van der Waals surface area contributed by atoms with Crippen LogP contribution >= 0.6 is 0 Å². The fourth-order valence-electron chi connectivity index (χ4n) is 5.45. The molecule has 2 N–H and O–H groups in total. The van der Waals surface area contributed by atoms with Crippen LogP contribution in [0.4, 0.5) is 0 Å². The van der Waals surface area contributed by atoms with Gasteiger partial charge in [-0.3, -0.25) is 4.79 Å². The van der Waals surface area contributed by atoms with E-state index >= 15 is 0 Å². The molecule has 2 aliphatic carbocycles. The number of aliphatic hydroxyl groups excluding tert-OH is 2. The standard InChI is InChI=1S/C25H41NO4/c1-2-3-5-8-21(27)9-10-22-23-16-19(15-20(23)17-24(22)28)11-14-30-18-25(29)26-12-6-4-7-13-26/h9-11,20-24,27-28H,2-8,12-18H2,1H3/b10-9+,19-11?/t20-,21-,22+,23-,24+/m0/s1. The maximum atomic E-state index is 12.2. The SMILES string of the molecule is CCCCC[C@H](O)/C=C/[C@@H]1[C@H]2CC(=CCOCC(=O)N3CCCCC3)C[C@H]2C[C@H]1O. The van der Waals surface area contributed by atoms with Crippen molar-refractivity contribution >= 4 is 5.91 Å². The summed E-state index contributed by atoms with van der Waals surface area (Å²) in [5, 5.41) is 20.7. The summed E-state index contributed by atoms with van der Waals surface area (Å²) in [4.78, 5) is 14.1. The molecule has 5 atom stereocenters. The summed E-state index contributed by atoms with van der Waals surface area (Å²) in [5.74, 6) is 1.24. The second-order valence-corrected chi connectivity index (χ2v) is 9.48. The van der Waals surface area contributed by atoms with Gasteiger partial charge in [0, 0.05) is 19.0 Å². The van der Waals surface area contributed by atoms with Gasteiger partial charge in [-0.1, -0.05) is 50.0 Å². The Morgan fingerprint density at radius 2 is 2.03 bits per heavy atom. The van der Waals surface area contributed by atoms with Crippen molar-refractivity contribution < 1.29 is 19.7 Å². The lowest BCUT2D eigenvalue weighted by molar-refractivity contribution is -0.136. The fraction of sp³-hybridized carbons (Fsp3) is 0.800. The van der Waals surface area contributed by atoms with Gasteiger partial charge >= 0.3 is 0 Å². The number of hydrogen-bond donors (Lipinski definition) is 2. The van der Waals surface area contributed by atoms with Crippen molar-refractivity contribution in [2.75, 3.05) is 26.3 Å². The normalized spacial score (nSPS) is 31.6. The van der Waals surface area contributed by atoms with Crippen LogP contribution in [0.3, 0.4) is 0 Å². The number of allylic oxidation sites excluding steroid dienone is 1. The van der Waals surface area contributed by atoms with Crippen LogP contribution in [-0.4, -0.2) is 59.5 Å². The molecule has 0 aromatic rings. The monoisotopic (exact) mass is 419 g/mol. The third kappa shape index (κ3) is 6.66. The number of fused-ring (bicyclic) bond motifs is 1. The quantitative estimate of drug-likeness (QED) is 0.417. The van der Waals surface area contributed by atoms with E-state index in [1.54, 1.807) is 0 Å². The predicted molar refractivity (Wildman–Crippen MR) is 119 cm³/mol. The highest BCUT2D eigenvalue weighted by atomic mass is 16.5. The molecule has 1 heterocycles. The van der Waals surface area contributed by atoms with E-state index < -0.39 is 6.10 Å². The summed E-state index contributed by atoms with van der Waals surface area (Å²) in [5.41, 5.74) is 1.39. The van der Waals surface area contributed by atoms with Gasteiger partial charge in [-0.2, -0.15) is 0 Å². The molecule has 0 aromatic carbocycles. The topological polar surface area (TPSA) is 70.0 Å². The molecular formula is C25H41NO4. The van der Waals surface area contributed by atoms with Gasteiger partial charge in [0.05, 0.1) is 18.8 Å². The summed E-state index contributed by atoms with van der Waals surface area (Å²) in [7, 11) is 0. The minimum atomic E-state index is -0.398. The van der Waals surface area contributed by atoms with Crippen molar-refractivity contribution in [3.63, 3.8) is 0 Å². The van der Waals surface area contributed by atoms with Crippen LogP contribution in [-0.2, 0) is 9.53 Å². The zero-order chi connectivity index (χ0) is 21.3. The fourth-order valence-corrected chi connectivity index (χ4v) is 5.45. The summed E-state index contributed by atoms with van der Waals surface area (Å²) < 4.78 is 5.64. The number of nitrogens with zero attached hydrogens (tertiary/aromatic N) is 1. The first kappa shape index (κ1) is 23.5. The Morgan fingerprint density at radius 3 is 2.80 bits per heavy atom. The second-order valence-electron chi connectivity index (χ2n) is 9.48. The van der Waals surface area contributed by atoms with Crippen LogP contribution < -0.4 is 0 Å². The molecule has 1 amide bonds. The number of ether oxygens (including phenoxy) is 1. The Balaban J connectivity index is 1.41. The van der Waals surface area contributed by atoms with Gasteiger partial charge in [-0.25, -0.2) is 0 Å². The van der Waals surface area contributed by atoms with E-state index in [2.05, 4.69) is 19.1 Å². The Kier molecular flexibility index (Phi) is 9.41. The van der Waals surface area contributed by atoms with E-state index in [0.29, 0.717) is 18.4 Å². The van der Waals surface area contributed by atoms with Crippen molar-refractivity contribution in [2.45, 2.75) is 83.3 Å². The molecule has 1 aliphatic heterocycles. The van der Waals surface area contributed by atoms with Crippen LogP contribution in [0.25, 0.3) is 0 Å². The maximum absolute atomic E-state index is 12.2. The molecule has 0 unspecified atom stereocenters. The molecule has 0 bridgehead atoms. The number of piperidine rings is 1. The molecule has 30 heavy (non-hydrogen) atoms. The number of carbonyl (C=O) groups excluding carboxylic acids is 1. The van der Waals surface area contributed by atoms with Gasteiger partial charge in [0.1, 0.15) is 6.61 Å². The smallest absolute Gasteiger partial charge is 0.248 e. The first-order valence-electron chi connectivity index (χ1n) is 12.2. The van der Waals surface area contributed by atoms with Gasteiger partial charge in [0.25, 0.3) is 0 Å². The third-order valence-corrected chi connectivity index (χ3v) is 7.19. The summed E-state index contributed by atoms with van der Waals surface area (Å²) in [6.45, 7) is 4.58. The summed E-state index contributed by atoms with van der Waals surface area (Å²) in [6, 6.07) is 0. The highest BCUT2D eigenvalue weighted by Gasteiger charge is 2.44. The molecule has 5 heteroatoms. The highest BCUT2D eigenvalue weighted by molar-refractivity contribution is 5.77. The Hall–Kier alpha value is -1.17. The second kappa shape index (κ2) is 12.0.